The lowest BCUT2D eigenvalue weighted by atomic mass is 10.2. The Morgan fingerprint density at radius 2 is 1.74 bits per heavy atom. The molecule has 0 aliphatic heterocycles. The van der Waals surface area contributed by atoms with E-state index in [2.05, 4.69) is 15.6 Å². The molecule has 148 valence electrons. The molecule has 0 aromatic heterocycles. The molecule has 2 rings (SSSR count). The van der Waals surface area contributed by atoms with E-state index in [0.717, 1.165) is 17.7 Å². The maximum Gasteiger partial charge on any atom is 0.191 e. The van der Waals surface area contributed by atoms with E-state index in [1.807, 2.05) is 25.1 Å². The average Bonchev–Trinajstić information content (AvgIpc) is 2.66. The molecule has 0 bridgehead atoms. The van der Waals surface area contributed by atoms with Crippen LogP contribution in [0.4, 0.5) is 8.78 Å². The fourth-order valence-electron chi connectivity index (χ4n) is 2.35. The molecule has 0 aliphatic carbocycles. The van der Waals surface area contributed by atoms with Gasteiger partial charge in [-0.05, 0) is 42.8 Å². The molecular weight excluding hydrogens is 467 g/mol. The number of nitrogens with zero attached hydrogens (tertiary/aromatic N) is 1. The molecule has 27 heavy (non-hydrogen) atoms. The molecule has 0 spiro atoms. The minimum absolute atomic E-state index is 0. The number of rotatable bonds is 7. The van der Waals surface area contributed by atoms with E-state index >= 15 is 0 Å². The summed E-state index contributed by atoms with van der Waals surface area (Å²) in [5.74, 6) is 0.836. The van der Waals surface area contributed by atoms with Crippen LogP contribution < -0.4 is 20.1 Å². The van der Waals surface area contributed by atoms with Crippen molar-refractivity contribution in [2.75, 3.05) is 20.8 Å². The van der Waals surface area contributed by atoms with Gasteiger partial charge in [-0.25, -0.2) is 13.8 Å². The summed E-state index contributed by atoms with van der Waals surface area (Å²) >= 11 is 0. The zero-order valence-electron chi connectivity index (χ0n) is 15.5. The standard InChI is InChI=1S/C19H23F2N3O2.HI/c1-4-22-19(24-12-14-10-15(20)6-7-16(14)21)23-11-13-5-8-17(25-2)18(9-13)26-3;/h5-10H,4,11-12H2,1-3H3,(H2,22,23,24);1H. The highest BCUT2D eigenvalue weighted by Crippen LogP contribution is 2.27. The van der Waals surface area contributed by atoms with Crippen molar-refractivity contribution in [3.05, 3.63) is 59.2 Å². The van der Waals surface area contributed by atoms with E-state index in [4.69, 9.17) is 9.47 Å². The first-order valence-electron chi connectivity index (χ1n) is 8.24. The molecule has 0 fully saturated rings. The van der Waals surface area contributed by atoms with Gasteiger partial charge in [-0.1, -0.05) is 6.07 Å². The van der Waals surface area contributed by atoms with Gasteiger partial charge in [0.1, 0.15) is 11.6 Å². The van der Waals surface area contributed by atoms with Gasteiger partial charge in [-0.15, -0.1) is 24.0 Å². The van der Waals surface area contributed by atoms with Crippen molar-refractivity contribution in [1.29, 1.82) is 0 Å². The summed E-state index contributed by atoms with van der Waals surface area (Å²) in [6.45, 7) is 3.09. The van der Waals surface area contributed by atoms with Crippen LogP contribution in [0.15, 0.2) is 41.4 Å². The van der Waals surface area contributed by atoms with Gasteiger partial charge in [0.25, 0.3) is 0 Å². The number of benzene rings is 2. The average molecular weight is 491 g/mol. The zero-order valence-corrected chi connectivity index (χ0v) is 17.8. The summed E-state index contributed by atoms with van der Waals surface area (Å²) in [5.41, 5.74) is 1.17. The number of guanidine groups is 1. The lowest BCUT2D eigenvalue weighted by molar-refractivity contribution is 0.354. The zero-order chi connectivity index (χ0) is 18.9. The van der Waals surface area contributed by atoms with Crippen LogP contribution in [-0.2, 0) is 13.1 Å². The quantitative estimate of drug-likeness (QED) is 0.351. The molecule has 2 aromatic carbocycles. The second kappa shape index (κ2) is 11.6. The molecule has 0 saturated carbocycles. The highest BCUT2D eigenvalue weighted by Gasteiger charge is 2.07. The van der Waals surface area contributed by atoms with Crippen LogP contribution >= 0.6 is 24.0 Å². The Labute approximate surface area is 175 Å². The number of ether oxygens (including phenoxy) is 2. The summed E-state index contributed by atoms with van der Waals surface area (Å²) in [7, 11) is 3.15. The molecule has 2 aromatic rings. The Bertz CT molecular complexity index is 773. The van der Waals surface area contributed by atoms with Crippen LogP contribution in [0.3, 0.4) is 0 Å². The van der Waals surface area contributed by atoms with Gasteiger partial charge < -0.3 is 20.1 Å². The first kappa shape index (κ1) is 22.9. The van der Waals surface area contributed by atoms with Crippen molar-refractivity contribution in [3.63, 3.8) is 0 Å². The van der Waals surface area contributed by atoms with Gasteiger partial charge in [-0.2, -0.15) is 0 Å². The minimum Gasteiger partial charge on any atom is -0.493 e. The van der Waals surface area contributed by atoms with Crippen LogP contribution in [0.2, 0.25) is 0 Å². The first-order chi connectivity index (χ1) is 12.6. The third-order valence-electron chi connectivity index (χ3n) is 3.67. The van der Waals surface area contributed by atoms with Crippen molar-refractivity contribution in [2.45, 2.75) is 20.0 Å². The maximum atomic E-state index is 13.7. The van der Waals surface area contributed by atoms with Crippen molar-refractivity contribution in [3.8, 4) is 11.5 Å². The summed E-state index contributed by atoms with van der Waals surface area (Å²) in [5, 5.41) is 6.08. The Balaban J connectivity index is 0.00000364. The maximum absolute atomic E-state index is 13.7. The minimum atomic E-state index is -0.476. The molecule has 0 unspecified atom stereocenters. The molecule has 0 saturated heterocycles. The molecule has 0 atom stereocenters. The normalized spacial score (nSPS) is 10.8. The number of methoxy groups -OCH3 is 2. The lowest BCUT2D eigenvalue weighted by Crippen LogP contribution is -2.37. The Kier molecular flexibility index (Phi) is 9.84. The molecular formula is C19H24F2IN3O2. The highest BCUT2D eigenvalue weighted by atomic mass is 127. The summed E-state index contributed by atoms with van der Waals surface area (Å²) in [6.07, 6.45) is 0. The van der Waals surface area contributed by atoms with E-state index in [1.54, 1.807) is 14.2 Å². The molecule has 2 N–H and O–H groups in total. The van der Waals surface area contributed by atoms with Crippen molar-refractivity contribution >= 4 is 29.9 Å². The monoisotopic (exact) mass is 491 g/mol. The van der Waals surface area contributed by atoms with E-state index in [9.17, 15) is 8.78 Å². The van der Waals surface area contributed by atoms with Gasteiger partial charge in [0.15, 0.2) is 17.5 Å². The van der Waals surface area contributed by atoms with Gasteiger partial charge in [0, 0.05) is 18.7 Å². The van der Waals surface area contributed by atoms with Crippen LogP contribution in [-0.4, -0.2) is 26.7 Å². The second-order valence-electron chi connectivity index (χ2n) is 5.47. The van der Waals surface area contributed by atoms with E-state index < -0.39 is 11.6 Å². The number of aliphatic imine (C=N–C) groups is 1. The highest BCUT2D eigenvalue weighted by molar-refractivity contribution is 14.0. The van der Waals surface area contributed by atoms with Crippen molar-refractivity contribution < 1.29 is 18.3 Å². The van der Waals surface area contributed by atoms with Crippen molar-refractivity contribution in [1.82, 2.24) is 10.6 Å². The predicted molar refractivity (Wildman–Crippen MR) is 113 cm³/mol. The third kappa shape index (κ3) is 6.85. The molecule has 0 aliphatic rings. The van der Waals surface area contributed by atoms with Crippen molar-refractivity contribution in [2.24, 2.45) is 4.99 Å². The van der Waals surface area contributed by atoms with Gasteiger partial charge >= 0.3 is 0 Å². The molecule has 5 nitrogen and oxygen atoms in total. The molecule has 0 radical (unpaired) electrons. The van der Waals surface area contributed by atoms with E-state index in [1.165, 1.54) is 6.07 Å². The van der Waals surface area contributed by atoms with Gasteiger partial charge in [0.2, 0.25) is 0 Å². The SMILES string of the molecule is CCNC(=NCc1ccc(OC)c(OC)c1)NCc1cc(F)ccc1F.I. The van der Waals surface area contributed by atoms with Gasteiger partial charge in [0.05, 0.1) is 20.8 Å². The Morgan fingerprint density at radius 3 is 2.41 bits per heavy atom. The Morgan fingerprint density at radius 1 is 1.00 bits per heavy atom. The topological polar surface area (TPSA) is 54.9 Å². The van der Waals surface area contributed by atoms with E-state index in [-0.39, 0.29) is 36.1 Å². The lowest BCUT2D eigenvalue weighted by Gasteiger charge is -2.12. The van der Waals surface area contributed by atoms with Crippen LogP contribution in [0.1, 0.15) is 18.1 Å². The summed E-state index contributed by atoms with van der Waals surface area (Å²) in [6, 6.07) is 8.92. The Hall–Kier alpha value is -2.10. The predicted octanol–water partition coefficient (Wildman–Crippen LogP) is 3.86. The smallest absolute Gasteiger partial charge is 0.191 e. The summed E-state index contributed by atoms with van der Waals surface area (Å²) in [4.78, 5) is 4.46. The van der Waals surface area contributed by atoms with E-state index in [0.29, 0.717) is 30.5 Å². The van der Waals surface area contributed by atoms with Crippen LogP contribution in [0.5, 0.6) is 11.5 Å². The van der Waals surface area contributed by atoms with Gasteiger partial charge in [-0.3, -0.25) is 0 Å². The number of halogens is 3. The van der Waals surface area contributed by atoms with Crippen LogP contribution in [0, 0.1) is 11.6 Å². The largest absolute Gasteiger partial charge is 0.493 e. The second-order valence-corrected chi connectivity index (χ2v) is 5.47. The summed E-state index contributed by atoms with van der Waals surface area (Å²) < 4.78 is 37.5. The number of hydrogen-bond acceptors (Lipinski definition) is 3. The van der Waals surface area contributed by atoms with Crippen LogP contribution in [0.25, 0.3) is 0 Å². The molecule has 0 heterocycles. The third-order valence-corrected chi connectivity index (χ3v) is 3.67. The number of hydrogen-bond donors (Lipinski definition) is 2. The first-order valence-corrected chi connectivity index (χ1v) is 8.24. The molecule has 8 heteroatoms. The fourth-order valence-corrected chi connectivity index (χ4v) is 2.35. The molecule has 0 amide bonds. The number of nitrogens with one attached hydrogen (secondary N) is 2. The fraction of sp³-hybridized carbons (Fsp3) is 0.316.